The number of benzene rings is 1. The molecule has 0 radical (unpaired) electrons. The van der Waals surface area contributed by atoms with Gasteiger partial charge in [-0.05, 0) is 39.5 Å². The van der Waals surface area contributed by atoms with Crippen molar-refractivity contribution >= 4 is 32.5 Å². The first-order valence-corrected chi connectivity index (χ1v) is 4.98. The van der Waals surface area contributed by atoms with Crippen molar-refractivity contribution in [2.24, 2.45) is 0 Å². The van der Waals surface area contributed by atoms with Crippen LogP contribution >= 0.6 is 15.9 Å². The number of fused-ring (bicyclic) bond motifs is 1. The molecule has 16 heavy (non-hydrogen) atoms. The van der Waals surface area contributed by atoms with Crippen molar-refractivity contribution in [1.82, 2.24) is 4.98 Å². The van der Waals surface area contributed by atoms with Crippen molar-refractivity contribution in [3.63, 3.8) is 0 Å². The highest BCUT2D eigenvalue weighted by molar-refractivity contribution is 9.10. The zero-order chi connectivity index (χ0) is 11.9. The molecule has 1 N–H and O–H groups in total. The number of hydrogen-bond acceptors (Lipinski definition) is 0. The molecule has 2 rings (SSSR count). The first kappa shape index (κ1) is 11.0. The number of H-pyrrole nitrogens is 1. The standard InChI is InChI=1S/C10H4BrF3N2/c1-15-6-2-5-3-8(10(12,13)14)16-9(5)7(11)4-6/h2-4,16H. The van der Waals surface area contributed by atoms with E-state index in [2.05, 4.69) is 25.8 Å². The number of halogens is 4. The van der Waals surface area contributed by atoms with E-state index in [9.17, 15) is 13.2 Å². The predicted octanol–water partition coefficient (Wildman–Crippen LogP) is 4.50. The molecule has 0 amide bonds. The molecule has 82 valence electrons. The number of aromatic amines is 1. The molecule has 1 aromatic heterocycles. The molecular weight excluding hydrogens is 285 g/mol. The third kappa shape index (κ3) is 1.78. The van der Waals surface area contributed by atoms with Gasteiger partial charge in [-0.1, -0.05) is 0 Å². The normalized spacial score (nSPS) is 11.7. The Morgan fingerprint density at radius 2 is 1.94 bits per heavy atom. The second-order valence-corrected chi connectivity index (χ2v) is 4.04. The van der Waals surface area contributed by atoms with Gasteiger partial charge in [0.2, 0.25) is 0 Å². The summed E-state index contributed by atoms with van der Waals surface area (Å²) in [6.07, 6.45) is -4.41. The molecule has 1 heterocycles. The van der Waals surface area contributed by atoms with Crippen LogP contribution in [0.3, 0.4) is 0 Å². The minimum absolute atomic E-state index is 0.298. The van der Waals surface area contributed by atoms with Crippen molar-refractivity contribution in [2.75, 3.05) is 0 Å². The minimum Gasteiger partial charge on any atom is -0.350 e. The van der Waals surface area contributed by atoms with Crippen LogP contribution in [0.25, 0.3) is 15.7 Å². The lowest BCUT2D eigenvalue weighted by atomic mass is 10.2. The van der Waals surface area contributed by atoms with Gasteiger partial charge >= 0.3 is 6.18 Å². The summed E-state index contributed by atoms with van der Waals surface area (Å²) in [6, 6.07) is 3.89. The molecule has 0 fully saturated rings. The number of aromatic nitrogens is 1. The van der Waals surface area contributed by atoms with Gasteiger partial charge in [0.05, 0.1) is 12.1 Å². The monoisotopic (exact) mass is 288 g/mol. The Bertz CT molecular complexity index is 592. The lowest BCUT2D eigenvalue weighted by Crippen LogP contribution is -2.04. The van der Waals surface area contributed by atoms with Crippen LogP contribution in [0.15, 0.2) is 22.7 Å². The number of nitrogens with one attached hydrogen (secondary N) is 1. The third-order valence-corrected chi connectivity index (χ3v) is 2.72. The average molecular weight is 289 g/mol. The predicted molar refractivity (Wildman–Crippen MR) is 57.3 cm³/mol. The maximum Gasteiger partial charge on any atom is 0.431 e. The Labute approximate surface area is 97.0 Å². The average Bonchev–Trinajstić information content (AvgIpc) is 2.61. The summed E-state index contributed by atoms with van der Waals surface area (Å²) < 4.78 is 37.8. The van der Waals surface area contributed by atoms with Crippen molar-refractivity contribution in [3.05, 3.63) is 39.8 Å². The van der Waals surface area contributed by atoms with Crippen LogP contribution in [0, 0.1) is 6.57 Å². The minimum atomic E-state index is -4.41. The number of hydrogen-bond donors (Lipinski definition) is 1. The molecule has 2 aromatic rings. The third-order valence-electron chi connectivity index (χ3n) is 2.10. The maximum absolute atomic E-state index is 12.4. The highest BCUT2D eigenvalue weighted by atomic mass is 79.9. The highest BCUT2D eigenvalue weighted by Gasteiger charge is 2.32. The summed E-state index contributed by atoms with van der Waals surface area (Å²) in [6.45, 7) is 6.82. The molecule has 0 spiro atoms. The van der Waals surface area contributed by atoms with Crippen LogP contribution in [0.5, 0.6) is 0 Å². The molecule has 0 saturated heterocycles. The smallest absolute Gasteiger partial charge is 0.350 e. The Hall–Kier alpha value is -1.48. The van der Waals surface area contributed by atoms with E-state index in [1.807, 2.05) is 0 Å². The molecule has 0 bridgehead atoms. The fourth-order valence-electron chi connectivity index (χ4n) is 1.40. The zero-order valence-corrected chi connectivity index (χ0v) is 9.28. The van der Waals surface area contributed by atoms with E-state index >= 15 is 0 Å². The van der Waals surface area contributed by atoms with E-state index in [1.54, 1.807) is 0 Å². The van der Waals surface area contributed by atoms with Crippen molar-refractivity contribution in [3.8, 4) is 0 Å². The van der Waals surface area contributed by atoms with Gasteiger partial charge in [0.15, 0.2) is 5.69 Å². The summed E-state index contributed by atoms with van der Waals surface area (Å²) >= 11 is 3.13. The summed E-state index contributed by atoms with van der Waals surface area (Å²) in [5.74, 6) is 0. The van der Waals surface area contributed by atoms with Gasteiger partial charge in [0.1, 0.15) is 5.69 Å². The molecule has 0 unspecified atom stereocenters. The summed E-state index contributed by atoms with van der Waals surface area (Å²) in [4.78, 5) is 5.46. The second-order valence-electron chi connectivity index (χ2n) is 3.18. The Morgan fingerprint density at radius 1 is 1.25 bits per heavy atom. The Balaban J connectivity index is 2.72. The van der Waals surface area contributed by atoms with Crippen LogP contribution in [-0.4, -0.2) is 4.98 Å². The quantitative estimate of drug-likeness (QED) is 0.689. The van der Waals surface area contributed by atoms with Crippen LogP contribution in [0.4, 0.5) is 18.9 Å². The first-order valence-electron chi connectivity index (χ1n) is 4.19. The molecule has 2 nitrogen and oxygen atoms in total. The summed E-state index contributed by atoms with van der Waals surface area (Å²) in [7, 11) is 0. The molecule has 1 aromatic carbocycles. The molecule has 0 atom stereocenters. The van der Waals surface area contributed by atoms with Crippen LogP contribution in [-0.2, 0) is 6.18 Å². The van der Waals surface area contributed by atoms with E-state index in [0.29, 0.717) is 21.1 Å². The number of nitrogens with zero attached hydrogens (tertiary/aromatic N) is 1. The fraction of sp³-hybridized carbons (Fsp3) is 0.100. The molecule has 0 aliphatic heterocycles. The molecule has 0 saturated carbocycles. The van der Waals surface area contributed by atoms with E-state index < -0.39 is 11.9 Å². The van der Waals surface area contributed by atoms with Crippen molar-refractivity contribution in [1.29, 1.82) is 0 Å². The lowest BCUT2D eigenvalue weighted by molar-refractivity contribution is -0.140. The SMILES string of the molecule is [C-]#[N+]c1cc(Br)c2[nH]c(C(F)(F)F)cc2c1. The number of rotatable bonds is 0. The van der Waals surface area contributed by atoms with Crippen molar-refractivity contribution in [2.45, 2.75) is 6.18 Å². The summed E-state index contributed by atoms with van der Waals surface area (Å²) in [5, 5.41) is 0.368. The van der Waals surface area contributed by atoms with Crippen LogP contribution < -0.4 is 0 Å². The van der Waals surface area contributed by atoms with Gasteiger partial charge < -0.3 is 4.98 Å². The maximum atomic E-state index is 12.4. The number of alkyl halides is 3. The van der Waals surface area contributed by atoms with Gasteiger partial charge in [-0.3, -0.25) is 0 Å². The Morgan fingerprint density at radius 3 is 2.50 bits per heavy atom. The zero-order valence-electron chi connectivity index (χ0n) is 7.69. The fourth-order valence-corrected chi connectivity index (χ4v) is 1.96. The van der Waals surface area contributed by atoms with Gasteiger partial charge in [0, 0.05) is 4.47 Å². The summed E-state index contributed by atoms with van der Waals surface area (Å²) in [5.41, 5.74) is -0.169. The Kier molecular flexibility index (Phi) is 2.43. The topological polar surface area (TPSA) is 20.1 Å². The van der Waals surface area contributed by atoms with Gasteiger partial charge in [-0.25, -0.2) is 4.85 Å². The molecule has 0 aliphatic carbocycles. The molecular formula is C10H4BrF3N2. The molecule has 6 heteroatoms. The second kappa shape index (κ2) is 3.52. The van der Waals surface area contributed by atoms with Crippen molar-refractivity contribution < 1.29 is 13.2 Å². The van der Waals surface area contributed by atoms with Crippen LogP contribution in [0.1, 0.15) is 5.69 Å². The lowest BCUT2D eigenvalue weighted by Gasteiger charge is -2.01. The highest BCUT2D eigenvalue weighted by Crippen LogP contribution is 2.35. The van der Waals surface area contributed by atoms with E-state index in [4.69, 9.17) is 6.57 Å². The van der Waals surface area contributed by atoms with Crippen LogP contribution in [0.2, 0.25) is 0 Å². The van der Waals surface area contributed by atoms with E-state index in [0.717, 1.165) is 6.07 Å². The van der Waals surface area contributed by atoms with Gasteiger partial charge in [0.25, 0.3) is 0 Å². The van der Waals surface area contributed by atoms with Gasteiger partial charge in [-0.15, -0.1) is 0 Å². The largest absolute Gasteiger partial charge is 0.431 e. The van der Waals surface area contributed by atoms with E-state index in [-0.39, 0.29) is 0 Å². The van der Waals surface area contributed by atoms with Gasteiger partial charge in [-0.2, -0.15) is 13.2 Å². The first-order chi connectivity index (χ1) is 7.41. The van der Waals surface area contributed by atoms with E-state index in [1.165, 1.54) is 12.1 Å². The molecule has 0 aliphatic rings.